The van der Waals surface area contributed by atoms with Gasteiger partial charge in [-0.15, -0.1) is 0 Å². The fourth-order valence-corrected chi connectivity index (χ4v) is 2.45. The lowest BCUT2D eigenvalue weighted by Gasteiger charge is -2.40. The van der Waals surface area contributed by atoms with Crippen molar-refractivity contribution in [2.24, 2.45) is 23.0 Å². The molecule has 0 spiro atoms. The molecule has 1 fully saturated rings. The maximum absolute atomic E-state index is 6.15. The lowest BCUT2D eigenvalue weighted by atomic mass is 9.70. The number of rotatable bonds is 3. The van der Waals surface area contributed by atoms with Gasteiger partial charge in [0.25, 0.3) is 0 Å². The van der Waals surface area contributed by atoms with Crippen LogP contribution >= 0.6 is 0 Å². The van der Waals surface area contributed by atoms with Gasteiger partial charge in [0.2, 0.25) is 0 Å². The van der Waals surface area contributed by atoms with Gasteiger partial charge in [0.15, 0.2) is 0 Å². The van der Waals surface area contributed by atoms with E-state index in [-0.39, 0.29) is 12.1 Å². The van der Waals surface area contributed by atoms with Crippen molar-refractivity contribution < 1.29 is 4.74 Å². The first-order valence-electron chi connectivity index (χ1n) is 6.68. The second kappa shape index (κ2) is 5.50. The molecule has 0 heterocycles. The SMILES string of the molecule is CC(C)COC1CC(C(C)(C)C)CCC1N. The fourth-order valence-electron chi connectivity index (χ4n) is 2.45. The van der Waals surface area contributed by atoms with Crippen molar-refractivity contribution in [3.8, 4) is 0 Å². The topological polar surface area (TPSA) is 35.2 Å². The van der Waals surface area contributed by atoms with Crippen molar-refractivity contribution in [3.63, 3.8) is 0 Å². The molecule has 0 saturated heterocycles. The second-order valence-electron chi connectivity index (χ2n) is 6.81. The lowest BCUT2D eigenvalue weighted by molar-refractivity contribution is -0.0287. The molecule has 0 radical (unpaired) electrons. The van der Waals surface area contributed by atoms with E-state index in [4.69, 9.17) is 10.5 Å². The summed E-state index contributed by atoms with van der Waals surface area (Å²) in [5.74, 6) is 1.35. The molecule has 96 valence electrons. The van der Waals surface area contributed by atoms with Crippen LogP contribution in [0.3, 0.4) is 0 Å². The van der Waals surface area contributed by atoms with Crippen LogP contribution in [0, 0.1) is 17.3 Å². The smallest absolute Gasteiger partial charge is 0.0728 e. The Balaban J connectivity index is 2.48. The van der Waals surface area contributed by atoms with Crippen LogP contribution in [-0.4, -0.2) is 18.8 Å². The van der Waals surface area contributed by atoms with E-state index in [2.05, 4.69) is 34.6 Å². The zero-order valence-electron chi connectivity index (χ0n) is 11.6. The van der Waals surface area contributed by atoms with Crippen LogP contribution in [0.2, 0.25) is 0 Å². The molecule has 0 amide bonds. The largest absolute Gasteiger partial charge is 0.376 e. The van der Waals surface area contributed by atoms with Gasteiger partial charge in [-0.2, -0.15) is 0 Å². The van der Waals surface area contributed by atoms with Crippen molar-refractivity contribution in [2.45, 2.75) is 66.0 Å². The number of ether oxygens (including phenoxy) is 1. The maximum atomic E-state index is 6.15. The molecule has 2 heteroatoms. The van der Waals surface area contributed by atoms with E-state index < -0.39 is 0 Å². The summed E-state index contributed by atoms with van der Waals surface area (Å²) in [5.41, 5.74) is 6.53. The van der Waals surface area contributed by atoms with Crippen molar-refractivity contribution in [2.75, 3.05) is 6.61 Å². The molecule has 3 unspecified atom stereocenters. The zero-order valence-corrected chi connectivity index (χ0v) is 11.6. The van der Waals surface area contributed by atoms with E-state index in [9.17, 15) is 0 Å². The molecule has 0 aromatic carbocycles. The Morgan fingerprint density at radius 1 is 1.25 bits per heavy atom. The van der Waals surface area contributed by atoms with E-state index >= 15 is 0 Å². The molecule has 2 nitrogen and oxygen atoms in total. The highest BCUT2D eigenvalue weighted by Crippen LogP contribution is 2.38. The molecule has 0 bridgehead atoms. The van der Waals surface area contributed by atoms with Gasteiger partial charge in [-0.1, -0.05) is 34.6 Å². The summed E-state index contributed by atoms with van der Waals surface area (Å²) in [6, 6.07) is 0.248. The molecular weight excluding hydrogens is 198 g/mol. The summed E-state index contributed by atoms with van der Waals surface area (Å²) in [5, 5.41) is 0. The van der Waals surface area contributed by atoms with Gasteiger partial charge in [-0.05, 0) is 36.5 Å². The summed E-state index contributed by atoms with van der Waals surface area (Å²) < 4.78 is 5.96. The standard InChI is InChI=1S/C14H29NO/c1-10(2)9-16-13-8-11(14(3,4)5)6-7-12(13)15/h10-13H,6-9,15H2,1-5H3. The number of hydrogen-bond acceptors (Lipinski definition) is 2. The van der Waals surface area contributed by atoms with Crippen molar-refractivity contribution in [1.29, 1.82) is 0 Å². The van der Waals surface area contributed by atoms with E-state index in [1.165, 1.54) is 6.42 Å². The molecule has 1 aliphatic rings. The van der Waals surface area contributed by atoms with Crippen molar-refractivity contribution in [3.05, 3.63) is 0 Å². The fraction of sp³-hybridized carbons (Fsp3) is 1.00. The van der Waals surface area contributed by atoms with E-state index in [0.717, 1.165) is 25.4 Å². The molecule has 1 rings (SSSR count). The predicted molar refractivity (Wildman–Crippen MR) is 69.3 cm³/mol. The summed E-state index contributed by atoms with van der Waals surface area (Å²) in [6.45, 7) is 12.2. The summed E-state index contributed by atoms with van der Waals surface area (Å²) in [6.07, 6.45) is 3.79. The molecule has 16 heavy (non-hydrogen) atoms. The van der Waals surface area contributed by atoms with Crippen LogP contribution < -0.4 is 5.73 Å². The third-order valence-corrected chi connectivity index (χ3v) is 3.71. The number of nitrogens with two attached hydrogens (primary N) is 1. The van der Waals surface area contributed by atoms with Gasteiger partial charge in [0.05, 0.1) is 6.10 Å². The Hall–Kier alpha value is -0.0800. The first kappa shape index (κ1) is 14.0. The van der Waals surface area contributed by atoms with Crippen LogP contribution in [0.25, 0.3) is 0 Å². The molecule has 0 aromatic rings. The van der Waals surface area contributed by atoms with Gasteiger partial charge in [-0.3, -0.25) is 0 Å². The van der Waals surface area contributed by atoms with Gasteiger partial charge >= 0.3 is 0 Å². The van der Waals surface area contributed by atoms with Crippen LogP contribution in [0.4, 0.5) is 0 Å². The van der Waals surface area contributed by atoms with E-state index in [1.807, 2.05) is 0 Å². The maximum Gasteiger partial charge on any atom is 0.0728 e. The molecule has 2 N–H and O–H groups in total. The first-order valence-corrected chi connectivity index (χ1v) is 6.68. The van der Waals surface area contributed by atoms with Crippen LogP contribution in [-0.2, 0) is 4.74 Å². The molecule has 0 aliphatic heterocycles. The Kier molecular flexibility index (Phi) is 4.81. The summed E-state index contributed by atoms with van der Waals surface area (Å²) >= 11 is 0. The second-order valence-corrected chi connectivity index (χ2v) is 6.81. The Labute approximate surface area is 101 Å². The molecule has 0 aromatic heterocycles. The Bertz CT molecular complexity index is 207. The van der Waals surface area contributed by atoms with Crippen molar-refractivity contribution in [1.82, 2.24) is 0 Å². The highest BCUT2D eigenvalue weighted by atomic mass is 16.5. The van der Waals surface area contributed by atoms with Crippen LogP contribution in [0.5, 0.6) is 0 Å². The monoisotopic (exact) mass is 227 g/mol. The lowest BCUT2D eigenvalue weighted by Crippen LogP contribution is -2.45. The van der Waals surface area contributed by atoms with Gasteiger partial charge in [0.1, 0.15) is 0 Å². The molecule has 1 aliphatic carbocycles. The average molecular weight is 227 g/mol. The third-order valence-electron chi connectivity index (χ3n) is 3.71. The quantitative estimate of drug-likeness (QED) is 0.803. The molecular formula is C14H29NO. The minimum atomic E-state index is 0.248. The van der Waals surface area contributed by atoms with Gasteiger partial charge in [0, 0.05) is 12.6 Å². The Morgan fingerprint density at radius 2 is 1.88 bits per heavy atom. The van der Waals surface area contributed by atoms with Crippen LogP contribution in [0.15, 0.2) is 0 Å². The van der Waals surface area contributed by atoms with Crippen molar-refractivity contribution >= 4 is 0 Å². The summed E-state index contributed by atoms with van der Waals surface area (Å²) in [7, 11) is 0. The van der Waals surface area contributed by atoms with Crippen LogP contribution in [0.1, 0.15) is 53.9 Å². The minimum absolute atomic E-state index is 0.248. The van der Waals surface area contributed by atoms with Gasteiger partial charge < -0.3 is 10.5 Å². The third kappa shape index (κ3) is 4.06. The predicted octanol–water partition coefficient (Wildman–Crippen LogP) is 3.20. The highest BCUT2D eigenvalue weighted by Gasteiger charge is 2.34. The molecule has 3 atom stereocenters. The summed E-state index contributed by atoms with van der Waals surface area (Å²) in [4.78, 5) is 0. The van der Waals surface area contributed by atoms with Gasteiger partial charge in [-0.25, -0.2) is 0 Å². The zero-order chi connectivity index (χ0) is 12.3. The normalized spacial score (nSPS) is 32.1. The highest BCUT2D eigenvalue weighted by molar-refractivity contribution is 4.88. The number of hydrogen-bond donors (Lipinski definition) is 1. The first-order chi connectivity index (χ1) is 7.30. The van der Waals surface area contributed by atoms with E-state index in [0.29, 0.717) is 11.3 Å². The minimum Gasteiger partial charge on any atom is -0.376 e. The Morgan fingerprint density at radius 3 is 2.38 bits per heavy atom. The average Bonchev–Trinajstić information content (AvgIpc) is 2.14. The molecule has 1 saturated carbocycles. The van der Waals surface area contributed by atoms with E-state index in [1.54, 1.807) is 0 Å².